The number of carbonyl (C=O) groups excluding carboxylic acids is 1. The van der Waals surface area contributed by atoms with Crippen LogP contribution in [-0.2, 0) is 6.54 Å². The Balaban J connectivity index is 2.80. The summed E-state index contributed by atoms with van der Waals surface area (Å²) in [6.45, 7) is 3.93. The summed E-state index contributed by atoms with van der Waals surface area (Å²) >= 11 is 0. The Bertz CT molecular complexity index is 283. The van der Waals surface area contributed by atoms with Gasteiger partial charge in [-0.05, 0) is 19.2 Å². The van der Waals surface area contributed by atoms with Crippen molar-refractivity contribution < 1.29 is 4.79 Å². The molecule has 0 bridgehead atoms. The first-order valence-electron chi connectivity index (χ1n) is 4.49. The number of rotatable bonds is 4. The molecule has 1 aromatic carbocycles. The number of nitrogens with zero attached hydrogens (tertiary/aromatic N) is 1. The summed E-state index contributed by atoms with van der Waals surface area (Å²) in [6.07, 6.45) is 0.916. The average Bonchev–Trinajstić information content (AvgIpc) is 2.18. The monoisotopic (exact) mass is 177 g/mol. The third-order valence-corrected chi connectivity index (χ3v) is 2.16. The van der Waals surface area contributed by atoms with E-state index in [1.807, 2.05) is 31.3 Å². The van der Waals surface area contributed by atoms with E-state index in [4.69, 9.17) is 0 Å². The quantitative estimate of drug-likeness (QED) is 0.655. The predicted octanol–water partition coefficient (Wildman–Crippen LogP) is 1.95. The van der Waals surface area contributed by atoms with Crippen LogP contribution in [-0.4, -0.2) is 24.8 Å². The second kappa shape index (κ2) is 4.77. The van der Waals surface area contributed by atoms with Gasteiger partial charge in [-0.15, -0.1) is 0 Å². The van der Waals surface area contributed by atoms with Crippen molar-refractivity contribution in [3.63, 3.8) is 0 Å². The molecule has 2 heteroatoms. The fourth-order valence-corrected chi connectivity index (χ4v) is 1.20. The summed E-state index contributed by atoms with van der Waals surface area (Å²) in [6, 6.07) is 7.70. The lowest BCUT2D eigenvalue weighted by molar-refractivity contribution is 0.112. The van der Waals surface area contributed by atoms with Crippen LogP contribution in [0.3, 0.4) is 0 Å². The highest BCUT2D eigenvalue weighted by Crippen LogP contribution is 2.08. The van der Waals surface area contributed by atoms with E-state index in [0.29, 0.717) is 0 Å². The molecule has 0 aliphatic carbocycles. The average molecular weight is 177 g/mol. The van der Waals surface area contributed by atoms with Crippen LogP contribution < -0.4 is 0 Å². The van der Waals surface area contributed by atoms with Gasteiger partial charge in [0.25, 0.3) is 0 Å². The van der Waals surface area contributed by atoms with Crippen molar-refractivity contribution in [1.29, 1.82) is 0 Å². The van der Waals surface area contributed by atoms with Crippen molar-refractivity contribution in [2.24, 2.45) is 0 Å². The molecule has 0 aliphatic heterocycles. The highest BCUT2D eigenvalue weighted by atomic mass is 16.1. The van der Waals surface area contributed by atoms with Crippen LogP contribution >= 0.6 is 0 Å². The molecular weight excluding hydrogens is 162 g/mol. The second-order valence-electron chi connectivity index (χ2n) is 3.15. The SMILES string of the molecule is CCN(C)Cc1ccccc1C=O. The molecule has 0 aromatic heterocycles. The first kappa shape index (κ1) is 9.93. The van der Waals surface area contributed by atoms with Crippen molar-refractivity contribution >= 4 is 6.29 Å². The van der Waals surface area contributed by atoms with Gasteiger partial charge in [0.1, 0.15) is 6.29 Å². The zero-order valence-electron chi connectivity index (χ0n) is 8.16. The molecule has 0 amide bonds. The summed E-state index contributed by atoms with van der Waals surface area (Å²) in [5, 5.41) is 0. The van der Waals surface area contributed by atoms with Crippen molar-refractivity contribution in [3.8, 4) is 0 Å². The van der Waals surface area contributed by atoms with Gasteiger partial charge in [0.15, 0.2) is 0 Å². The van der Waals surface area contributed by atoms with Gasteiger partial charge in [0, 0.05) is 12.1 Å². The zero-order valence-corrected chi connectivity index (χ0v) is 8.16. The van der Waals surface area contributed by atoms with Crippen molar-refractivity contribution in [2.75, 3.05) is 13.6 Å². The molecule has 0 saturated carbocycles. The Labute approximate surface area is 79.2 Å². The molecule has 0 aliphatic rings. The Kier molecular flexibility index (Phi) is 3.65. The summed E-state index contributed by atoms with van der Waals surface area (Å²) < 4.78 is 0. The Hall–Kier alpha value is -1.15. The summed E-state index contributed by atoms with van der Waals surface area (Å²) in [5.74, 6) is 0. The molecule has 0 fully saturated rings. The first-order valence-corrected chi connectivity index (χ1v) is 4.49. The number of hydrogen-bond acceptors (Lipinski definition) is 2. The first-order chi connectivity index (χ1) is 6.27. The zero-order chi connectivity index (χ0) is 9.68. The Morgan fingerprint density at radius 2 is 2.08 bits per heavy atom. The van der Waals surface area contributed by atoms with Gasteiger partial charge in [-0.1, -0.05) is 31.2 Å². The highest BCUT2D eigenvalue weighted by Gasteiger charge is 2.02. The van der Waals surface area contributed by atoms with E-state index in [-0.39, 0.29) is 0 Å². The molecule has 0 heterocycles. The van der Waals surface area contributed by atoms with E-state index in [0.717, 1.165) is 30.5 Å². The van der Waals surface area contributed by atoms with E-state index in [1.165, 1.54) is 0 Å². The van der Waals surface area contributed by atoms with Crippen molar-refractivity contribution in [3.05, 3.63) is 35.4 Å². The minimum Gasteiger partial charge on any atom is -0.302 e. The number of aldehydes is 1. The third kappa shape index (κ3) is 2.67. The lowest BCUT2D eigenvalue weighted by Crippen LogP contribution is -2.17. The van der Waals surface area contributed by atoms with Crippen LogP contribution in [0.4, 0.5) is 0 Å². The minimum atomic E-state index is 0.794. The highest BCUT2D eigenvalue weighted by molar-refractivity contribution is 5.77. The molecule has 13 heavy (non-hydrogen) atoms. The second-order valence-corrected chi connectivity index (χ2v) is 3.15. The van der Waals surface area contributed by atoms with Gasteiger partial charge in [-0.25, -0.2) is 0 Å². The third-order valence-electron chi connectivity index (χ3n) is 2.16. The van der Waals surface area contributed by atoms with Crippen LogP contribution in [0.5, 0.6) is 0 Å². The predicted molar refractivity (Wildman–Crippen MR) is 53.8 cm³/mol. The molecule has 70 valence electrons. The molecule has 0 unspecified atom stereocenters. The van der Waals surface area contributed by atoms with Gasteiger partial charge in [-0.3, -0.25) is 4.79 Å². The van der Waals surface area contributed by atoms with Crippen molar-refractivity contribution in [1.82, 2.24) is 4.90 Å². The fourth-order valence-electron chi connectivity index (χ4n) is 1.20. The fraction of sp³-hybridized carbons (Fsp3) is 0.364. The molecule has 0 radical (unpaired) electrons. The van der Waals surface area contributed by atoms with E-state index >= 15 is 0 Å². The van der Waals surface area contributed by atoms with E-state index in [9.17, 15) is 4.79 Å². The maximum atomic E-state index is 10.7. The lowest BCUT2D eigenvalue weighted by Gasteiger charge is -2.14. The van der Waals surface area contributed by atoms with Crippen LogP contribution in [0.15, 0.2) is 24.3 Å². The molecule has 2 nitrogen and oxygen atoms in total. The largest absolute Gasteiger partial charge is 0.302 e. The maximum absolute atomic E-state index is 10.7. The smallest absolute Gasteiger partial charge is 0.150 e. The van der Waals surface area contributed by atoms with Gasteiger partial charge in [-0.2, -0.15) is 0 Å². The standard InChI is InChI=1S/C11H15NO/c1-3-12(2)8-10-6-4-5-7-11(10)9-13/h4-7,9H,3,8H2,1-2H3. The van der Waals surface area contributed by atoms with Crippen molar-refractivity contribution in [2.45, 2.75) is 13.5 Å². The Morgan fingerprint density at radius 1 is 1.38 bits per heavy atom. The van der Waals surface area contributed by atoms with Gasteiger partial charge in [0.05, 0.1) is 0 Å². The Morgan fingerprint density at radius 3 is 2.69 bits per heavy atom. The van der Waals surface area contributed by atoms with Gasteiger partial charge in [0.2, 0.25) is 0 Å². The molecule has 0 saturated heterocycles. The summed E-state index contributed by atoms with van der Waals surface area (Å²) in [5.41, 5.74) is 1.89. The minimum absolute atomic E-state index is 0.794. The summed E-state index contributed by atoms with van der Waals surface area (Å²) in [4.78, 5) is 12.8. The van der Waals surface area contributed by atoms with Crippen LogP contribution in [0.1, 0.15) is 22.8 Å². The van der Waals surface area contributed by atoms with E-state index in [1.54, 1.807) is 0 Å². The molecule has 0 N–H and O–H groups in total. The topological polar surface area (TPSA) is 20.3 Å². The van der Waals surface area contributed by atoms with E-state index in [2.05, 4.69) is 11.8 Å². The molecule has 0 spiro atoms. The molecular formula is C11H15NO. The van der Waals surface area contributed by atoms with Gasteiger partial charge >= 0.3 is 0 Å². The normalized spacial score (nSPS) is 10.4. The van der Waals surface area contributed by atoms with Crippen LogP contribution in [0.25, 0.3) is 0 Å². The number of hydrogen-bond donors (Lipinski definition) is 0. The molecule has 1 aromatic rings. The van der Waals surface area contributed by atoms with Crippen LogP contribution in [0.2, 0.25) is 0 Å². The van der Waals surface area contributed by atoms with Gasteiger partial charge < -0.3 is 4.90 Å². The van der Waals surface area contributed by atoms with Crippen LogP contribution in [0, 0.1) is 0 Å². The number of benzene rings is 1. The van der Waals surface area contributed by atoms with E-state index < -0.39 is 0 Å². The molecule has 1 rings (SSSR count). The summed E-state index contributed by atoms with van der Waals surface area (Å²) in [7, 11) is 2.04. The maximum Gasteiger partial charge on any atom is 0.150 e. The number of carbonyl (C=O) groups is 1. The lowest BCUT2D eigenvalue weighted by atomic mass is 10.1. The molecule has 0 atom stereocenters.